The van der Waals surface area contributed by atoms with Crippen molar-refractivity contribution in [2.45, 2.75) is 32.8 Å². The van der Waals surface area contributed by atoms with E-state index in [1.165, 1.54) is 0 Å². The molecule has 0 bridgehead atoms. The maximum absolute atomic E-state index is 11.5. The van der Waals surface area contributed by atoms with E-state index in [0.717, 1.165) is 13.0 Å². The summed E-state index contributed by atoms with van der Waals surface area (Å²) in [5.74, 6) is 0.639. The minimum Gasteiger partial charge on any atom is -0.365 e. The smallest absolute Gasteiger partial charge is 0.248 e. The van der Waals surface area contributed by atoms with Crippen molar-refractivity contribution in [1.29, 1.82) is 5.26 Å². The Morgan fingerprint density at radius 1 is 1.67 bits per heavy atom. The van der Waals surface area contributed by atoms with Crippen molar-refractivity contribution in [3.63, 3.8) is 0 Å². The number of hydrogen-bond acceptors (Lipinski definition) is 3. The molecule has 1 amide bonds. The van der Waals surface area contributed by atoms with Crippen LogP contribution in [0.1, 0.15) is 26.7 Å². The highest BCUT2D eigenvalue weighted by atomic mass is 16.5. The van der Waals surface area contributed by atoms with Gasteiger partial charge in [0, 0.05) is 13.1 Å². The fraction of sp³-hybridized carbons (Fsp3) is 0.818. The minimum absolute atomic E-state index is 0.0461. The zero-order chi connectivity index (χ0) is 11.3. The first-order chi connectivity index (χ1) is 7.13. The zero-order valence-corrected chi connectivity index (χ0v) is 9.40. The highest BCUT2D eigenvalue weighted by Crippen LogP contribution is 2.11. The molecule has 0 saturated carbocycles. The average Bonchev–Trinajstić information content (AvgIpc) is 2.19. The Bertz CT molecular complexity index is 258. The first kappa shape index (κ1) is 12.0. The van der Waals surface area contributed by atoms with E-state index in [9.17, 15) is 4.79 Å². The van der Waals surface area contributed by atoms with Crippen molar-refractivity contribution in [1.82, 2.24) is 4.90 Å². The van der Waals surface area contributed by atoms with Gasteiger partial charge in [0.25, 0.3) is 0 Å². The predicted molar refractivity (Wildman–Crippen MR) is 56.0 cm³/mol. The van der Waals surface area contributed by atoms with Gasteiger partial charge >= 0.3 is 0 Å². The number of carbonyl (C=O) groups is 1. The Morgan fingerprint density at radius 2 is 2.40 bits per heavy atom. The van der Waals surface area contributed by atoms with Crippen LogP contribution < -0.4 is 0 Å². The molecule has 4 heteroatoms. The molecule has 1 saturated heterocycles. The van der Waals surface area contributed by atoms with E-state index in [2.05, 4.69) is 19.9 Å². The number of ether oxygens (including phenoxy) is 1. The van der Waals surface area contributed by atoms with Gasteiger partial charge in [0.15, 0.2) is 0 Å². The Morgan fingerprint density at radius 3 is 3.00 bits per heavy atom. The summed E-state index contributed by atoms with van der Waals surface area (Å²) in [7, 11) is 0. The standard InChI is InChI=1S/C11H18N2O2/c1-9(2)4-6-13-7-10(3-5-12)15-8-11(13)14/h9-10H,3-4,6-8H2,1-2H3. The molecule has 1 atom stereocenters. The van der Waals surface area contributed by atoms with Crippen LogP contribution in [0.5, 0.6) is 0 Å². The Kier molecular flexibility index (Phi) is 4.57. The summed E-state index contributed by atoms with van der Waals surface area (Å²) in [4.78, 5) is 13.3. The molecule has 1 unspecified atom stereocenters. The lowest BCUT2D eigenvalue weighted by Crippen LogP contribution is -2.47. The van der Waals surface area contributed by atoms with Crippen LogP contribution in [0.3, 0.4) is 0 Å². The van der Waals surface area contributed by atoms with Gasteiger partial charge in [-0.3, -0.25) is 4.79 Å². The second-order valence-corrected chi connectivity index (χ2v) is 4.32. The van der Waals surface area contributed by atoms with Gasteiger partial charge in [0.1, 0.15) is 6.61 Å². The molecule has 1 aliphatic heterocycles. The normalized spacial score (nSPS) is 21.9. The van der Waals surface area contributed by atoms with E-state index in [4.69, 9.17) is 10.00 Å². The van der Waals surface area contributed by atoms with Crippen molar-refractivity contribution >= 4 is 5.91 Å². The summed E-state index contributed by atoms with van der Waals surface area (Å²) < 4.78 is 5.25. The summed E-state index contributed by atoms with van der Waals surface area (Å²) in [6.07, 6.45) is 1.27. The third-order valence-corrected chi connectivity index (χ3v) is 2.51. The van der Waals surface area contributed by atoms with Gasteiger partial charge in [0.2, 0.25) is 5.91 Å². The van der Waals surface area contributed by atoms with E-state index < -0.39 is 0 Å². The van der Waals surface area contributed by atoms with Crippen LogP contribution in [0.15, 0.2) is 0 Å². The van der Waals surface area contributed by atoms with Gasteiger partial charge in [-0.1, -0.05) is 13.8 Å². The largest absolute Gasteiger partial charge is 0.365 e. The van der Waals surface area contributed by atoms with Crippen LogP contribution in [0.4, 0.5) is 0 Å². The molecule has 1 rings (SSSR count). The molecule has 0 aromatic carbocycles. The summed E-state index contributed by atoms with van der Waals surface area (Å²) >= 11 is 0. The third kappa shape index (κ3) is 3.88. The number of nitrogens with zero attached hydrogens (tertiary/aromatic N) is 2. The minimum atomic E-state index is -0.0973. The topological polar surface area (TPSA) is 53.3 Å². The van der Waals surface area contributed by atoms with Crippen molar-refractivity contribution in [2.24, 2.45) is 5.92 Å². The van der Waals surface area contributed by atoms with Crippen LogP contribution in [-0.2, 0) is 9.53 Å². The lowest BCUT2D eigenvalue weighted by molar-refractivity contribution is -0.148. The summed E-state index contributed by atoms with van der Waals surface area (Å²) in [5.41, 5.74) is 0. The number of rotatable bonds is 4. The quantitative estimate of drug-likeness (QED) is 0.700. The number of nitriles is 1. The maximum atomic E-state index is 11.5. The van der Waals surface area contributed by atoms with E-state index in [1.54, 1.807) is 0 Å². The van der Waals surface area contributed by atoms with Crippen molar-refractivity contribution < 1.29 is 9.53 Å². The first-order valence-corrected chi connectivity index (χ1v) is 5.39. The van der Waals surface area contributed by atoms with Gasteiger partial charge in [0.05, 0.1) is 18.6 Å². The van der Waals surface area contributed by atoms with Crippen LogP contribution >= 0.6 is 0 Å². The van der Waals surface area contributed by atoms with Crippen LogP contribution in [-0.4, -0.2) is 36.6 Å². The second-order valence-electron chi connectivity index (χ2n) is 4.32. The molecular weight excluding hydrogens is 192 g/mol. The Labute approximate surface area is 90.8 Å². The SMILES string of the molecule is CC(C)CCN1CC(CC#N)OCC1=O. The summed E-state index contributed by atoms with van der Waals surface area (Å²) in [5, 5.41) is 8.56. The molecule has 84 valence electrons. The van der Waals surface area contributed by atoms with Crippen molar-refractivity contribution in [2.75, 3.05) is 19.7 Å². The molecule has 0 aromatic rings. The lowest BCUT2D eigenvalue weighted by Gasteiger charge is -2.32. The zero-order valence-electron chi connectivity index (χ0n) is 9.40. The molecule has 0 radical (unpaired) electrons. The molecule has 1 heterocycles. The van der Waals surface area contributed by atoms with E-state index >= 15 is 0 Å². The van der Waals surface area contributed by atoms with Gasteiger partial charge in [-0.2, -0.15) is 5.26 Å². The number of morpholine rings is 1. The van der Waals surface area contributed by atoms with E-state index in [0.29, 0.717) is 18.9 Å². The molecule has 1 fully saturated rings. The highest BCUT2D eigenvalue weighted by Gasteiger charge is 2.25. The first-order valence-electron chi connectivity index (χ1n) is 5.39. The number of amides is 1. The molecule has 1 aliphatic rings. The molecule has 4 nitrogen and oxygen atoms in total. The van der Waals surface area contributed by atoms with Crippen LogP contribution in [0.2, 0.25) is 0 Å². The number of carbonyl (C=O) groups excluding carboxylic acids is 1. The molecule has 15 heavy (non-hydrogen) atoms. The third-order valence-electron chi connectivity index (χ3n) is 2.51. The molecule has 0 N–H and O–H groups in total. The monoisotopic (exact) mass is 210 g/mol. The van der Waals surface area contributed by atoms with Gasteiger partial charge in [-0.15, -0.1) is 0 Å². The summed E-state index contributed by atoms with van der Waals surface area (Å²) in [6.45, 7) is 5.75. The Balaban J connectivity index is 2.40. The van der Waals surface area contributed by atoms with Gasteiger partial charge in [-0.05, 0) is 12.3 Å². The van der Waals surface area contributed by atoms with E-state index in [-0.39, 0.29) is 18.6 Å². The fourth-order valence-electron chi connectivity index (χ4n) is 1.54. The predicted octanol–water partition coefficient (Wildman–Crippen LogP) is 1.17. The molecule has 0 spiro atoms. The van der Waals surface area contributed by atoms with Gasteiger partial charge < -0.3 is 9.64 Å². The fourth-order valence-corrected chi connectivity index (χ4v) is 1.54. The lowest BCUT2D eigenvalue weighted by atomic mass is 10.1. The number of hydrogen-bond donors (Lipinski definition) is 0. The van der Waals surface area contributed by atoms with Gasteiger partial charge in [-0.25, -0.2) is 0 Å². The van der Waals surface area contributed by atoms with Crippen molar-refractivity contribution in [3.8, 4) is 6.07 Å². The molecule has 0 aromatic heterocycles. The van der Waals surface area contributed by atoms with Crippen molar-refractivity contribution in [3.05, 3.63) is 0 Å². The van der Waals surface area contributed by atoms with Crippen LogP contribution in [0.25, 0.3) is 0 Å². The second kappa shape index (κ2) is 5.72. The Hall–Kier alpha value is -1.08. The molecule has 0 aliphatic carbocycles. The molecular formula is C11H18N2O2. The maximum Gasteiger partial charge on any atom is 0.248 e. The van der Waals surface area contributed by atoms with E-state index in [1.807, 2.05) is 4.90 Å². The van der Waals surface area contributed by atoms with Crippen LogP contribution in [0, 0.1) is 17.2 Å². The highest BCUT2D eigenvalue weighted by molar-refractivity contribution is 5.78. The summed E-state index contributed by atoms with van der Waals surface area (Å²) in [6, 6.07) is 2.07. The average molecular weight is 210 g/mol.